The van der Waals surface area contributed by atoms with Crippen LogP contribution < -0.4 is 5.56 Å². The number of rotatable bonds is 8. The second-order valence-electron chi connectivity index (χ2n) is 9.87. The summed E-state index contributed by atoms with van der Waals surface area (Å²) in [5.74, 6) is -20.4. The standard InChI is InChI=1S/C29H23F6N3O5/c1-4-10-38(13-18-12-19-20(11-15(18)2)36-21(37-25(19)40)14-43-16(3)39)28(33)22(17-8-6-5-7-9-17)23(30)24(31)27(32,26(41)42)29(28,34)35/h1,5-9,11-12,22H,10,13-14H2,2-3H3,(H,41,42)(H,36,37,40). The molecule has 2 aromatic carbocycles. The number of hydrogen-bond donors (Lipinski definition) is 2. The predicted octanol–water partition coefficient (Wildman–Crippen LogP) is 4.77. The Morgan fingerprint density at radius 2 is 1.81 bits per heavy atom. The van der Waals surface area contributed by atoms with Gasteiger partial charge in [0.2, 0.25) is 5.79 Å². The van der Waals surface area contributed by atoms with E-state index in [9.17, 15) is 23.9 Å². The topological polar surface area (TPSA) is 113 Å². The van der Waals surface area contributed by atoms with Crippen molar-refractivity contribution in [3.63, 3.8) is 0 Å². The molecule has 0 saturated carbocycles. The SMILES string of the molecule is C#CCN(Cc1cc2c(=O)[nH]c(COC(C)=O)nc2cc1C)C1(F)C(c2ccccc2)C(F)=C(F)C(F)(C(=O)O)C1(F)F. The smallest absolute Gasteiger partial charge is 0.355 e. The Labute approximate surface area is 240 Å². The summed E-state index contributed by atoms with van der Waals surface area (Å²) in [6, 6.07) is 8.26. The summed E-state index contributed by atoms with van der Waals surface area (Å²) in [4.78, 5) is 42.2. The number of halogens is 6. The van der Waals surface area contributed by atoms with Gasteiger partial charge in [0.1, 0.15) is 18.3 Å². The summed E-state index contributed by atoms with van der Waals surface area (Å²) >= 11 is 0. The number of carbonyl (C=O) groups excluding carboxylic acids is 1. The second kappa shape index (κ2) is 11.2. The van der Waals surface area contributed by atoms with E-state index < -0.39 is 71.1 Å². The van der Waals surface area contributed by atoms with Crippen molar-refractivity contribution in [3.05, 3.63) is 87.0 Å². The summed E-state index contributed by atoms with van der Waals surface area (Å²) in [5.41, 5.74) is -6.44. The van der Waals surface area contributed by atoms with Crippen molar-refractivity contribution in [1.29, 1.82) is 0 Å². The van der Waals surface area contributed by atoms with Crippen LogP contribution in [0.25, 0.3) is 10.9 Å². The van der Waals surface area contributed by atoms with Crippen molar-refractivity contribution in [2.24, 2.45) is 0 Å². The van der Waals surface area contributed by atoms with Crippen molar-refractivity contribution in [2.75, 3.05) is 6.54 Å². The maximum Gasteiger partial charge on any atom is 0.355 e. The lowest BCUT2D eigenvalue weighted by Gasteiger charge is -2.51. The molecule has 0 fully saturated rings. The molecule has 1 aliphatic rings. The summed E-state index contributed by atoms with van der Waals surface area (Å²) < 4.78 is 100. The zero-order chi connectivity index (χ0) is 31.9. The average Bonchev–Trinajstić information content (AvgIpc) is 2.95. The fraction of sp³-hybridized carbons (Fsp3) is 0.310. The molecular weight excluding hydrogens is 584 g/mol. The molecule has 1 aliphatic carbocycles. The van der Waals surface area contributed by atoms with Crippen molar-refractivity contribution < 1.29 is 45.8 Å². The monoisotopic (exact) mass is 607 g/mol. The van der Waals surface area contributed by atoms with E-state index in [0.29, 0.717) is 0 Å². The van der Waals surface area contributed by atoms with Crippen LogP contribution in [0.3, 0.4) is 0 Å². The third kappa shape index (κ3) is 4.93. The van der Waals surface area contributed by atoms with Crippen LogP contribution in [0.15, 0.2) is 58.9 Å². The number of carboxylic acid groups (broad SMARTS) is 1. The average molecular weight is 608 g/mol. The van der Waals surface area contributed by atoms with Gasteiger partial charge in [-0.15, -0.1) is 6.42 Å². The lowest BCUT2D eigenvalue weighted by molar-refractivity contribution is -0.282. The molecule has 0 aliphatic heterocycles. The highest BCUT2D eigenvalue weighted by Gasteiger charge is 2.82. The van der Waals surface area contributed by atoms with Gasteiger partial charge in [0.15, 0.2) is 5.83 Å². The van der Waals surface area contributed by atoms with Gasteiger partial charge in [0.05, 0.1) is 23.4 Å². The highest BCUT2D eigenvalue weighted by molar-refractivity contribution is 5.84. The second-order valence-corrected chi connectivity index (χ2v) is 9.87. The van der Waals surface area contributed by atoms with Crippen molar-refractivity contribution in [1.82, 2.24) is 14.9 Å². The van der Waals surface area contributed by atoms with Gasteiger partial charge in [-0.05, 0) is 35.7 Å². The Hall–Kier alpha value is -4.64. The van der Waals surface area contributed by atoms with Crippen molar-refractivity contribution in [2.45, 2.75) is 50.3 Å². The molecule has 1 heterocycles. The minimum Gasteiger partial charge on any atom is -0.478 e. The predicted molar refractivity (Wildman–Crippen MR) is 140 cm³/mol. The normalized spacial score (nSPS) is 23.3. The maximum atomic E-state index is 17.3. The number of esters is 1. The molecule has 0 amide bonds. The number of aromatic nitrogens is 2. The molecule has 8 nitrogen and oxygen atoms in total. The molecule has 43 heavy (non-hydrogen) atoms. The largest absolute Gasteiger partial charge is 0.478 e. The molecule has 0 bridgehead atoms. The highest BCUT2D eigenvalue weighted by atomic mass is 19.3. The third-order valence-electron chi connectivity index (χ3n) is 7.18. The van der Waals surface area contributed by atoms with Crippen LogP contribution in [0.2, 0.25) is 0 Å². The Balaban J connectivity index is 1.92. The lowest BCUT2D eigenvalue weighted by atomic mass is 9.71. The molecule has 4 rings (SSSR count). The highest BCUT2D eigenvalue weighted by Crippen LogP contribution is 2.62. The number of alkyl halides is 4. The van der Waals surface area contributed by atoms with E-state index in [4.69, 9.17) is 11.2 Å². The Kier molecular flexibility index (Phi) is 8.16. The quantitative estimate of drug-likeness (QED) is 0.164. The molecule has 3 unspecified atom stereocenters. The Morgan fingerprint density at radius 3 is 2.40 bits per heavy atom. The molecular formula is C29H23F6N3O5. The van der Waals surface area contributed by atoms with Crippen LogP contribution in [-0.4, -0.2) is 55.8 Å². The zero-order valence-corrected chi connectivity index (χ0v) is 22.6. The van der Waals surface area contributed by atoms with Crippen LogP contribution in [-0.2, 0) is 27.5 Å². The van der Waals surface area contributed by atoms with Crippen LogP contribution in [0.1, 0.15) is 35.4 Å². The number of aliphatic carboxylic acids is 1. The van der Waals surface area contributed by atoms with E-state index >= 15 is 22.0 Å². The summed E-state index contributed by atoms with van der Waals surface area (Å²) in [5, 5.41) is 9.19. The summed E-state index contributed by atoms with van der Waals surface area (Å²) in [6.45, 7) is 0.246. The zero-order valence-electron chi connectivity index (χ0n) is 22.6. The number of aryl methyl sites for hydroxylation is 1. The number of fused-ring (bicyclic) bond motifs is 1. The molecule has 2 N–H and O–H groups in total. The number of ether oxygens (including phenoxy) is 1. The van der Waals surface area contributed by atoms with Crippen LogP contribution in [0.4, 0.5) is 26.3 Å². The van der Waals surface area contributed by atoms with Crippen molar-refractivity contribution in [3.8, 4) is 12.3 Å². The maximum absolute atomic E-state index is 17.3. The molecule has 226 valence electrons. The fourth-order valence-electron chi connectivity index (χ4n) is 5.04. The minimum atomic E-state index is -5.75. The Morgan fingerprint density at radius 1 is 1.16 bits per heavy atom. The number of terminal acetylenes is 1. The first-order valence-electron chi connectivity index (χ1n) is 12.5. The fourth-order valence-corrected chi connectivity index (χ4v) is 5.04. The number of benzene rings is 2. The number of aromatic amines is 1. The molecule has 0 spiro atoms. The van der Waals surface area contributed by atoms with Gasteiger partial charge >= 0.3 is 23.5 Å². The molecule has 3 atom stereocenters. The number of nitrogens with zero attached hydrogens (tertiary/aromatic N) is 2. The summed E-state index contributed by atoms with van der Waals surface area (Å²) in [6.07, 6.45) is 5.34. The van der Waals surface area contributed by atoms with Gasteiger partial charge in [-0.2, -0.15) is 8.78 Å². The van der Waals surface area contributed by atoms with Gasteiger partial charge in [0, 0.05) is 13.5 Å². The Bertz CT molecular complexity index is 1740. The van der Waals surface area contributed by atoms with Crippen LogP contribution in [0.5, 0.6) is 0 Å². The van der Waals surface area contributed by atoms with Gasteiger partial charge < -0.3 is 14.8 Å². The van der Waals surface area contributed by atoms with Gasteiger partial charge in [0.25, 0.3) is 5.56 Å². The van der Waals surface area contributed by atoms with E-state index in [-0.39, 0.29) is 39.4 Å². The lowest BCUT2D eigenvalue weighted by Crippen LogP contribution is -2.72. The number of hydrogen-bond acceptors (Lipinski definition) is 6. The molecule has 1 aromatic heterocycles. The van der Waals surface area contributed by atoms with Crippen molar-refractivity contribution >= 4 is 22.8 Å². The van der Waals surface area contributed by atoms with E-state index in [2.05, 4.69) is 9.97 Å². The summed E-state index contributed by atoms with van der Waals surface area (Å²) in [7, 11) is 0. The van der Waals surface area contributed by atoms with Gasteiger partial charge in [-0.3, -0.25) is 9.59 Å². The van der Waals surface area contributed by atoms with Gasteiger partial charge in [-0.25, -0.2) is 32.2 Å². The minimum absolute atomic E-state index is 0.0127. The first kappa shape index (κ1) is 31.3. The van der Waals surface area contributed by atoms with E-state index in [1.165, 1.54) is 31.2 Å². The number of carbonyl (C=O) groups is 2. The molecule has 0 radical (unpaired) electrons. The van der Waals surface area contributed by atoms with E-state index in [1.54, 1.807) is 0 Å². The number of H-pyrrole nitrogens is 1. The third-order valence-corrected chi connectivity index (χ3v) is 7.18. The van der Waals surface area contributed by atoms with E-state index in [1.807, 2.05) is 5.92 Å². The number of carboxylic acids is 1. The molecule has 3 aromatic rings. The van der Waals surface area contributed by atoms with E-state index in [0.717, 1.165) is 25.1 Å². The van der Waals surface area contributed by atoms with Gasteiger partial charge in [-0.1, -0.05) is 36.3 Å². The van der Waals surface area contributed by atoms with Crippen LogP contribution >= 0.6 is 0 Å². The number of nitrogens with one attached hydrogen (secondary N) is 1. The molecule has 14 heteroatoms. The molecule has 0 saturated heterocycles. The first-order chi connectivity index (χ1) is 20.1. The van der Waals surface area contributed by atoms with Crippen LogP contribution in [0, 0.1) is 19.3 Å². The first-order valence-corrected chi connectivity index (χ1v) is 12.5.